The highest BCUT2D eigenvalue weighted by Gasteiger charge is 2.31. The summed E-state index contributed by atoms with van der Waals surface area (Å²) in [4.78, 5) is 36.4. The molecule has 1 aromatic rings. The molecular weight excluding hydrogens is 332 g/mol. The number of urea groups is 1. The van der Waals surface area contributed by atoms with Crippen LogP contribution in [0.5, 0.6) is 0 Å². The summed E-state index contributed by atoms with van der Waals surface area (Å²) < 4.78 is 0. The fourth-order valence-corrected chi connectivity index (χ4v) is 2.68. The molecule has 3 rings (SSSR count). The summed E-state index contributed by atoms with van der Waals surface area (Å²) >= 11 is 0. The first-order valence-corrected chi connectivity index (χ1v) is 7.76. The van der Waals surface area contributed by atoms with Gasteiger partial charge >= 0.3 is 6.03 Å². The van der Waals surface area contributed by atoms with E-state index in [1.165, 1.54) is 0 Å². The van der Waals surface area contributed by atoms with Crippen LogP contribution in [0.2, 0.25) is 0 Å². The maximum Gasteiger partial charge on any atom is 0.324 e. The molecule has 0 aromatic heterocycles. The van der Waals surface area contributed by atoms with E-state index in [-0.39, 0.29) is 49.4 Å². The van der Waals surface area contributed by atoms with Gasteiger partial charge < -0.3 is 16.4 Å². The van der Waals surface area contributed by atoms with Crippen LogP contribution < -0.4 is 16.4 Å². The lowest BCUT2D eigenvalue weighted by Crippen LogP contribution is -2.41. The van der Waals surface area contributed by atoms with Crippen molar-refractivity contribution in [3.63, 3.8) is 0 Å². The average Bonchev–Trinajstić information content (AvgIpc) is 3.35. The fraction of sp³-hybridized carbons (Fsp3) is 0.438. The molecule has 4 amide bonds. The minimum absolute atomic E-state index is 0. The largest absolute Gasteiger partial charge is 0.348 e. The highest BCUT2D eigenvalue weighted by Crippen LogP contribution is 2.32. The van der Waals surface area contributed by atoms with Crippen LogP contribution in [-0.2, 0) is 11.3 Å². The first-order chi connectivity index (χ1) is 11.1. The quantitative estimate of drug-likeness (QED) is 0.653. The number of rotatable bonds is 6. The van der Waals surface area contributed by atoms with E-state index in [2.05, 4.69) is 10.6 Å². The van der Waals surface area contributed by atoms with Gasteiger partial charge in [-0.25, -0.2) is 4.79 Å². The molecule has 1 heterocycles. The molecule has 0 spiro atoms. The second-order valence-corrected chi connectivity index (χ2v) is 5.99. The predicted molar refractivity (Wildman–Crippen MR) is 90.7 cm³/mol. The van der Waals surface area contributed by atoms with Gasteiger partial charge in [0, 0.05) is 18.2 Å². The van der Waals surface area contributed by atoms with Crippen molar-refractivity contribution in [2.75, 3.05) is 13.1 Å². The lowest BCUT2D eigenvalue weighted by atomic mass is 10.1. The Kier molecular flexibility index (Phi) is 5.80. The minimum atomic E-state index is -0.382. The van der Waals surface area contributed by atoms with E-state index in [0.29, 0.717) is 18.0 Å². The van der Waals surface area contributed by atoms with Crippen molar-refractivity contribution < 1.29 is 14.4 Å². The van der Waals surface area contributed by atoms with Crippen LogP contribution in [0, 0.1) is 5.92 Å². The van der Waals surface area contributed by atoms with Gasteiger partial charge in [-0.15, -0.1) is 12.4 Å². The van der Waals surface area contributed by atoms with Crippen LogP contribution in [0.4, 0.5) is 4.79 Å². The van der Waals surface area contributed by atoms with Crippen LogP contribution in [0.15, 0.2) is 24.3 Å². The summed E-state index contributed by atoms with van der Waals surface area (Å²) in [7, 11) is 0. The zero-order chi connectivity index (χ0) is 16.4. The zero-order valence-electron chi connectivity index (χ0n) is 13.2. The number of nitrogens with zero attached hydrogens (tertiary/aromatic N) is 1. The van der Waals surface area contributed by atoms with Crippen molar-refractivity contribution in [3.8, 4) is 0 Å². The molecule has 0 radical (unpaired) electrons. The number of carbonyl (C=O) groups is 3. The molecule has 24 heavy (non-hydrogen) atoms. The third-order valence-corrected chi connectivity index (χ3v) is 4.26. The number of nitrogens with one attached hydrogen (secondary N) is 2. The van der Waals surface area contributed by atoms with Gasteiger partial charge in [0.15, 0.2) is 0 Å². The lowest BCUT2D eigenvalue weighted by Gasteiger charge is -2.16. The molecule has 2 aliphatic rings. The molecule has 4 N–H and O–H groups in total. The molecular formula is C16H21ClN4O3. The predicted octanol–water partition coefficient (Wildman–Crippen LogP) is 0.627. The van der Waals surface area contributed by atoms with Gasteiger partial charge in [-0.3, -0.25) is 14.5 Å². The molecule has 1 atom stereocenters. The van der Waals surface area contributed by atoms with Crippen LogP contribution in [-0.4, -0.2) is 41.9 Å². The fourth-order valence-electron chi connectivity index (χ4n) is 2.68. The third kappa shape index (κ3) is 4.04. The monoisotopic (exact) mass is 352 g/mol. The van der Waals surface area contributed by atoms with Crippen LogP contribution in [0.3, 0.4) is 0 Å². The van der Waals surface area contributed by atoms with Crippen molar-refractivity contribution in [1.82, 2.24) is 15.5 Å². The summed E-state index contributed by atoms with van der Waals surface area (Å²) in [5.41, 5.74) is 7.03. The minimum Gasteiger partial charge on any atom is -0.348 e. The van der Waals surface area contributed by atoms with E-state index < -0.39 is 0 Å². The molecule has 1 saturated heterocycles. The molecule has 1 aromatic carbocycles. The molecule has 7 nitrogen and oxygen atoms in total. The van der Waals surface area contributed by atoms with Crippen molar-refractivity contribution in [1.29, 1.82) is 0 Å². The number of carbonyl (C=O) groups excluding carboxylic acids is 3. The van der Waals surface area contributed by atoms with Crippen molar-refractivity contribution in [2.45, 2.75) is 25.4 Å². The van der Waals surface area contributed by atoms with Crippen molar-refractivity contribution in [2.24, 2.45) is 11.7 Å². The van der Waals surface area contributed by atoms with Crippen LogP contribution in [0.25, 0.3) is 0 Å². The number of imide groups is 1. The molecule has 1 saturated carbocycles. The van der Waals surface area contributed by atoms with Crippen molar-refractivity contribution in [3.05, 3.63) is 35.4 Å². The topological polar surface area (TPSA) is 105 Å². The molecule has 1 aliphatic carbocycles. The number of hydrogen-bond donors (Lipinski definition) is 3. The molecule has 0 bridgehead atoms. The first kappa shape index (κ1) is 18.2. The van der Waals surface area contributed by atoms with E-state index in [0.717, 1.165) is 23.3 Å². The van der Waals surface area contributed by atoms with Gasteiger partial charge in [-0.1, -0.05) is 12.1 Å². The summed E-state index contributed by atoms with van der Waals surface area (Å²) in [5, 5.41) is 5.43. The Hall–Kier alpha value is -2.12. The molecule has 130 valence electrons. The highest BCUT2D eigenvalue weighted by molar-refractivity contribution is 6.01. The van der Waals surface area contributed by atoms with Crippen LogP contribution in [0.1, 0.15) is 28.8 Å². The van der Waals surface area contributed by atoms with Gasteiger partial charge in [0.25, 0.3) is 5.91 Å². The first-order valence-electron chi connectivity index (χ1n) is 7.76. The summed E-state index contributed by atoms with van der Waals surface area (Å²) in [6, 6.07) is 6.55. The molecule has 8 heteroatoms. The lowest BCUT2D eigenvalue weighted by molar-refractivity contribution is -0.125. The highest BCUT2D eigenvalue weighted by atomic mass is 35.5. The van der Waals surface area contributed by atoms with Gasteiger partial charge in [-0.2, -0.15) is 0 Å². The van der Waals surface area contributed by atoms with E-state index in [9.17, 15) is 14.4 Å². The Balaban J connectivity index is 0.00000208. The SMILES string of the molecule is Cl.NCC(NC(=O)c1ccc(CN2C(=O)CNC2=O)cc1)C1CC1. The second kappa shape index (κ2) is 7.63. The van der Waals surface area contributed by atoms with E-state index in [1.54, 1.807) is 24.3 Å². The summed E-state index contributed by atoms with van der Waals surface area (Å²) in [6.45, 7) is 0.696. The van der Waals surface area contributed by atoms with E-state index in [1.807, 2.05) is 0 Å². The average molecular weight is 353 g/mol. The van der Waals surface area contributed by atoms with Gasteiger partial charge in [-0.05, 0) is 36.5 Å². The second-order valence-electron chi connectivity index (χ2n) is 5.99. The van der Waals surface area contributed by atoms with Crippen molar-refractivity contribution >= 4 is 30.3 Å². The van der Waals surface area contributed by atoms with Gasteiger partial charge in [0.2, 0.25) is 5.91 Å². The molecule has 2 fully saturated rings. The van der Waals surface area contributed by atoms with Crippen LogP contribution >= 0.6 is 12.4 Å². The van der Waals surface area contributed by atoms with E-state index in [4.69, 9.17) is 5.73 Å². The van der Waals surface area contributed by atoms with Gasteiger partial charge in [0.1, 0.15) is 0 Å². The Labute approximate surface area is 146 Å². The standard InChI is InChI=1S/C16H20N4O3.ClH/c17-7-13(11-5-6-11)19-15(22)12-3-1-10(2-4-12)9-20-14(21)8-18-16(20)23;/h1-4,11,13H,5-9,17H2,(H,18,23)(H,19,22);1H. The normalized spacial score (nSPS) is 18.0. The summed E-state index contributed by atoms with van der Waals surface area (Å²) in [6.07, 6.45) is 2.24. The van der Waals surface area contributed by atoms with Gasteiger partial charge in [0.05, 0.1) is 13.1 Å². The summed E-state index contributed by atoms with van der Waals surface area (Å²) in [5.74, 6) is 0.115. The Morgan fingerprint density at radius 2 is 1.96 bits per heavy atom. The number of benzene rings is 1. The third-order valence-electron chi connectivity index (χ3n) is 4.26. The number of nitrogens with two attached hydrogens (primary N) is 1. The number of hydrogen-bond acceptors (Lipinski definition) is 4. The Bertz CT molecular complexity index is 615. The number of amides is 4. The maximum absolute atomic E-state index is 12.2. The zero-order valence-corrected chi connectivity index (χ0v) is 14.0. The Morgan fingerprint density at radius 1 is 1.29 bits per heavy atom. The number of halogens is 1. The molecule has 1 unspecified atom stereocenters. The molecule has 1 aliphatic heterocycles. The smallest absolute Gasteiger partial charge is 0.324 e. The van der Waals surface area contributed by atoms with E-state index >= 15 is 0 Å². The maximum atomic E-state index is 12.2. The Morgan fingerprint density at radius 3 is 2.46 bits per heavy atom.